The number of rotatable bonds is 5. The molecule has 0 saturated carbocycles. The minimum atomic E-state index is 0. The maximum absolute atomic E-state index is 5.88. The molecule has 2 aliphatic rings. The van der Waals surface area contributed by atoms with E-state index in [0.29, 0.717) is 29.8 Å². The van der Waals surface area contributed by atoms with Crippen molar-refractivity contribution in [3.8, 4) is 5.75 Å². The molecule has 2 heterocycles. The Kier molecular flexibility index (Phi) is 7.43. The first-order chi connectivity index (χ1) is 11.1. The Balaban J connectivity index is 0.00000208. The first kappa shape index (κ1) is 19.6. The first-order valence-electron chi connectivity index (χ1n) is 8.19. The molecule has 1 aromatic carbocycles. The molecule has 2 aliphatic heterocycles. The highest BCUT2D eigenvalue weighted by atomic mass is 127. The predicted octanol–water partition coefficient (Wildman–Crippen LogP) is 3.21. The lowest BCUT2D eigenvalue weighted by Crippen LogP contribution is -2.49. The number of nitrogens with zero attached hydrogens (tertiary/aromatic N) is 1. The molecule has 2 bridgehead atoms. The number of hydrogen-bond donors (Lipinski definition) is 2. The molecule has 2 N–H and O–H groups in total. The number of aliphatic imine (C=N–C) groups is 1. The fourth-order valence-corrected chi connectivity index (χ4v) is 3.31. The molecule has 0 aliphatic carbocycles. The maximum Gasteiger partial charge on any atom is 0.191 e. The van der Waals surface area contributed by atoms with E-state index in [2.05, 4.69) is 15.6 Å². The molecule has 3 rings (SSSR count). The molecular weight excluding hydrogens is 441 g/mol. The molecule has 134 valence electrons. The second-order valence-electron chi connectivity index (χ2n) is 6.20. The van der Waals surface area contributed by atoms with Gasteiger partial charge in [0, 0.05) is 12.1 Å². The van der Waals surface area contributed by atoms with Crippen LogP contribution in [0.3, 0.4) is 0 Å². The monoisotopic (exact) mass is 465 g/mol. The fourth-order valence-electron chi connectivity index (χ4n) is 3.19. The van der Waals surface area contributed by atoms with Gasteiger partial charge in [-0.2, -0.15) is 0 Å². The van der Waals surface area contributed by atoms with Gasteiger partial charge in [0.1, 0.15) is 11.9 Å². The zero-order chi connectivity index (χ0) is 16.2. The van der Waals surface area contributed by atoms with Crippen LogP contribution in [-0.2, 0) is 4.74 Å². The summed E-state index contributed by atoms with van der Waals surface area (Å²) in [6, 6.07) is 7.77. The average Bonchev–Trinajstić information content (AvgIpc) is 3.16. The highest BCUT2D eigenvalue weighted by Crippen LogP contribution is 2.34. The Bertz CT molecular complexity index is 555. The van der Waals surface area contributed by atoms with Gasteiger partial charge in [-0.25, -0.2) is 0 Å². The van der Waals surface area contributed by atoms with Crippen LogP contribution in [-0.4, -0.2) is 43.9 Å². The van der Waals surface area contributed by atoms with Gasteiger partial charge in [0.25, 0.3) is 0 Å². The van der Waals surface area contributed by atoms with Gasteiger partial charge < -0.3 is 20.1 Å². The van der Waals surface area contributed by atoms with E-state index in [1.807, 2.05) is 31.2 Å². The van der Waals surface area contributed by atoms with Gasteiger partial charge in [0.05, 0.1) is 24.8 Å². The lowest BCUT2D eigenvalue weighted by molar-refractivity contribution is 0.0992. The molecule has 1 aromatic rings. The van der Waals surface area contributed by atoms with Crippen LogP contribution in [0.5, 0.6) is 5.75 Å². The van der Waals surface area contributed by atoms with Gasteiger partial charge in [-0.3, -0.25) is 4.99 Å². The van der Waals surface area contributed by atoms with Crippen molar-refractivity contribution in [1.29, 1.82) is 0 Å². The van der Waals surface area contributed by atoms with Crippen molar-refractivity contribution in [3.63, 3.8) is 0 Å². The molecular formula is C17H25ClIN3O2. The number of nitrogens with one attached hydrogen (secondary N) is 2. The SMILES string of the molecule is CN=C(NCC(C)Oc1ccc(Cl)cc1)NC1CC2CCC1O2.I. The van der Waals surface area contributed by atoms with Crippen LogP contribution >= 0.6 is 35.6 Å². The van der Waals surface area contributed by atoms with Gasteiger partial charge in [-0.15, -0.1) is 24.0 Å². The van der Waals surface area contributed by atoms with Crippen molar-refractivity contribution in [3.05, 3.63) is 29.3 Å². The lowest BCUT2D eigenvalue weighted by atomic mass is 9.96. The molecule has 4 atom stereocenters. The Morgan fingerprint density at radius 1 is 1.38 bits per heavy atom. The molecule has 7 heteroatoms. The second-order valence-corrected chi connectivity index (χ2v) is 6.63. The highest BCUT2D eigenvalue weighted by Gasteiger charge is 2.41. The Labute approximate surface area is 165 Å². The third-order valence-corrected chi connectivity index (χ3v) is 4.61. The van der Waals surface area contributed by atoms with Gasteiger partial charge in [-0.05, 0) is 50.5 Å². The number of halogens is 2. The molecule has 5 nitrogen and oxygen atoms in total. The lowest BCUT2D eigenvalue weighted by Gasteiger charge is -2.23. The molecule has 2 fully saturated rings. The maximum atomic E-state index is 5.88. The summed E-state index contributed by atoms with van der Waals surface area (Å²) in [6.07, 6.45) is 4.20. The van der Waals surface area contributed by atoms with E-state index in [9.17, 15) is 0 Å². The molecule has 2 saturated heterocycles. The smallest absolute Gasteiger partial charge is 0.191 e. The zero-order valence-corrected chi connectivity index (χ0v) is 17.1. The largest absolute Gasteiger partial charge is 0.489 e. The third-order valence-electron chi connectivity index (χ3n) is 4.36. The van der Waals surface area contributed by atoms with E-state index in [4.69, 9.17) is 21.1 Å². The Morgan fingerprint density at radius 2 is 2.12 bits per heavy atom. The second kappa shape index (κ2) is 9.10. The quantitative estimate of drug-likeness (QED) is 0.398. The van der Waals surface area contributed by atoms with E-state index in [0.717, 1.165) is 24.6 Å². The van der Waals surface area contributed by atoms with Crippen molar-refractivity contribution in [2.45, 2.75) is 50.5 Å². The number of benzene rings is 1. The van der Waals surface area contributed by atoms with E-state index in [1.165, 1.54) is 6.42 Å². The third kappa shape index (κ3) is 5.13. The van der Waals surface area contributed by atoms with Gasteiger partial charge in [0.2, 0.25) is 0 Å². The number of hydrogen-bond acceptors (Lipinski definition) is 3. The number of guanidine groups is 1. The van der Waals surface area contributed by atoms with Crippen LogP contribution in [0.1, 0.15) is 26.2 Å². The molecule has 0 amide bonds. The molecule has 0 radical (unpaired) electrons. The van der Waals surface area contributed by atoms with Crippen LogP contribution in [0.2, 0.25) is 5.02 Å². The summed E-state index contributed by atoms with van der Waals surface area (Å²) >= 11 is 5.88. The standard InChI is InChI=1S/C17H24ClN3O2.HI/c1-11(22-13-5-3-12(18)4-6-13)10-20-17(19-2)21-15-9-14-7-8-16(15)23-14;/h3-6,11,14-16H,7-10H2,1-2H3,(H2,19,20,21);1H. The average molecular weight is 466 g/mol. The van der Waals surface area contributed by atoms with Crippen molar-refractivity contribution in [2.75, 3.05) is 13.6 Å². The first-order valence-corrected chi connectivity index (χ1v) is 8.56. The van der Waals surface area contributed by atoms with Gasteiger partial charge >= 0.3 is 0 Å². The van der Waals surface area contributed by atoms with Crippen molar-refractivity contribution in [2.24, 2.45) is 4.99 Å². The summed E-state index contributed by atoms with van der Waals surface area (Å²) in [5, 5.41) is 7.49. The topological polar surface area (TPSA) is 54.9 Å². The van der Waals surface area contributed by atoms with Crippen LogP contribution in [0.25, 0.3) is 0 Å². The van der Waals surface area contributed by atoms with Crippen LogP contribution in [0, 0.1) is 0 Å². The zero-order valence-electron chi connectivity index (χ0n) is 14.0. The summed E-state index contributed by atoms with van der Waals surface area (Å²) in [6.45, 7) is 2.69. The molecule has 0 aromatic heterocycles. The van der Waals surface area contributed by atoms with E-state index < -0.39 is 0 Å². The van der Waals surface area contributed by atoms with Crippen molar-refractivity contribution < 1.29 is 9.47 Å². The van der Waals surface area contributed by atoms with E-state index in [1.54, 1.807) is 7.05 Å². The van der Waals surface area contributed by atoms with Gasteiger partial charge in [0.15, 0.2) is 5.96 Å². The minimum Gasteiger partial charge on any atom is -0.489 e. The molecule has 24 heavy (non-hydrogen) atoms. The Hall–Kier alpha value is -0.730. The van der Waals surface area contributed by atoms with Crippen LogP contribution in [0.4, 0.5) is 0 Å². The van der Waals surface area contributed by atoms with Crippen molar-refractivity contribution >= 4 is 41.5 Å². The van der Waals surface area contributed by atoms with Crippen molar-refractivity contribution in [1.82, 2.24) is 10.6 Å². The van der Waals surface area contributed by atoms with Gasteiger partial charge in [-0.1, -0.05) is 11.6 Å². The van der Waals surface area contributed by atoms with Crippen LogP contribution < -0.4 is 15.4 Å². The summed E-state index contributed by atoms with van der Waals surface area (Å²) in [5.41, 5.74) is 0. The predicted molar refractivity (Wildman–Crippen MR) is 108 cm³/mol. The van der Waals surface area contributed by atoms with E-state index in [-0.39, 0.29) is 30.1 Å². The fraction of sp³-hybridized carbons (Fsp3) is 0.588. The normalized spacial score (nSPS) is 26.6. The number of ether oxygens (including phenoxy) is 2. The number of fused-ring (bicyclic) bond motifs is 2. The van der Waals surface area contributed by atoms with Crippen LogP contribution in [0.15, 0.2) is 29.3 Å². The Morgan fingerprint density at radius 3 is 2.71 bits per heavy atom. The summed E-state index contributed by atoms with van der Waals surface area (Å²) < 4.78 is 11.7. The van der Waals surface area contributed by atoms with E-state index >= 15 is 0 Å². The summed E-state index contributed by atoms with van der Waals surface area (Å²) in [7, 11) is 1.79. The summed E-state index contributed by atoms with van der Waals surface area (Å²) in [5.74, 6) is 1.62. The summed E-state index contributed by atoms with van der Waals surface area (Å²) in [4.78, 5) is 4.29. The molecule has 0 spiro atoms. The minimum absolute atomic E-state index is 0. The molecule has 4 unspecified atom stereocenters. The highest BCUT2D eigenvalue weighted by molar-refractivity contribution is 14.0.